The van der Waals surface area contributed by atoms with Crippen molar-refractivity contribution in [2.45, 2.75) is 45.7 Å². The van der Waals surface area contributed by atoms with Gasteiger partial charge in [0.2, 0.25) is 11.8 Å². The molecule has 2 saturated heterocycles. The number of rotatable bonds is 4. The predicted molar refractivity (Wildman–Crippen MR) is 73.6 cm³/mol. The van der Waals surface area contributed by atoms with E-state index in [4.69, 9.17) is 0 Å². The Balaban J connectivity index is 2.00. The lowest BCUT2D eigenvalue weighted by Crippen LogP contribution is -2.63. The Bertz CT molecular complexity index is 359. The molecule has 2 amide bonds. The van der Waals surface area contributed by atoms with Crippen LogP contribution in [0.2, 0.25) is 0 Å². The van der Waals surface area contributed by atoms with Crippen molar-refractivity contribution in [2.75, 3.05) is 26.2 Å². The number of hydrogen-bond acceptors (Lipinski definition) is 3. The summed E-state index contributed by atoms with van der Waals surface area (Å²) in [6.07, 6.45) is 1.79. The normalized spacial score (nSPS) is 32.8. The van der Waals surface area contributed by atoms with E-state index in [1.54, 1.807) is 4.90 Å². The molecule has 2 heterocycles. The van der Waals surface area contributed by atoms with Gasteiger partial charge in [0.1, 0.15) is 12.1 Å². The SMILES string of the molecule is CCC1NC(=O)C(C)N(CC2CCN(CC)C2)C1=O. The lowest BCUT2D eigenvalue weighted by atomic mass is 10.0. The summed E-state index contributed by atoms with van der Waals surface area (Å²) in [6.45, 7) is 9.87. The summed E-state index contributed by atoms with van der Waals surface area (Å²) >= 11 is 0. The van der Waals surface area contributed by atoms with E-state index >= 15 is 0 Å². The molecular formula is C14H25N3O2. The molecule has 2 aliphatic heterocycles. The molecule has 108 valence electrons. The van der Waals surface area contributed by atoms with E-state index < -0.39 is 0 Å². The molecule has 0 aromatic carbocycles. The molecule has 1 N–H and O–H groups in total. The van der Waals surface area contributed by atoms with Crippen LogP contribution in [0.15, 0.2) is 0 Å². The van der Waals surface area contributed by atoms with Crippen LogP contribution in [0, 0.1) is 5.92 Å². The lowest BCUT2D eigenvalue weighted by Gasteiger charge is -2.38. The van der Waals surface area contributed by atoms with Gasteiger partial charge in [0.25, 0.3) is 0 Å². The third kappa shape index (κ3) is 2.91. The van der Waals surface area contributed by atoms with Crippen molar-refractivity contribution >= 4 is 11.8 Å². The summed E-state index contributed by atoms with van der Waals surface area (Å²) in [6, 6.07) is -0.654. The fraction of sp³-hybridized carbons (Fsp3) is 0.857. The maximum absolute atomic E-state index is 12.3. The van der Waals surface area contributed by atoms with Gasteiger partial charge in [-0.3, -0.25) is 9.59 Å². The highest BCUT2D eigenvalue weighted by atomic mass is 16.2. The fourth-order valence-electron chi connectivity index (χ4n) is 3.04. The van der Waals surface area contributed by atoms with Crippen molar-refractivity contribution in [1.82, 2.24) is 15.1 Å². The van der Waals surface area contributed by atoms with Crippen molar-refractivity contribution in [3.05, 3.63) is 0 Å². The molecule has 5 heteroatoms. The van der Waals surface area contributed by atoms with Crippen molar-refractivity contribution in [3.63, 3.8) is 0 Å². The Kier molecular flexibility index (Phi) is 4.45. The standard InChI is InChI=1S/C14H25N3O2/c1-4-12-14(19)17(10(3)13(18)15-12)9-11-6-7-16(5-2)8-11/h10-12H,4-9H2,1-3H3,(H,15,18). The number of piperazine rings is 1. The van der Waals surface area contributed by atoms with Crippen LogP contribution < -0.4 is 5.32 Å². The summed E-state index contributed by atoms with van der Waals surface area (Å²) in [5, 5.41) is 2.80. The minimum absolute atomic E-state index is 0.0169. The Labute approximate surface area is 115 Å². The second-order valence-electron chi connectivity index (χ2n) is 5.68. The van der Waals surface area contributed by atoms with Gasteiger partial charge in [-0.25, -0.2) is 0 Å². The molecule has 0 aromatic heterocycles. The second-order valence-corrected chi connectivity index (χ2v) is 5.68. The van der Waals surface area contributed by atoms with Crippen LogP contribution in [0.4, 0.5) is 0 Å². The highest BCUT2D eigenvalue weighted by Gasteiger charge is 2.38. The molecule has 2 aliphatic rings. The van der Waals surface area contributed by atoms with E-state index in [0.717, 1.165) is 32.6 Å². The van der Waals surface area contributed by atoms with Gasteiger partial charge >= 0.3 is 0 Å². The van der Waals surface area contributed by atoms with Gasteiger partial charge in [0, 0.05) is 13.1 Å². The van der Waals surface area contributed by atoms with Crippen LogP contribution in [-0.4, -0.2) is 59.9 Å². The first kappa shape index (κ1) is 14.3. The minimum Gasteiger partial charge on any atom is -0.343 e. The summed E-state index contributed by atoms with van der Waals surface area (Å²) in [5.74, 6) is 0.580. The fourth-order valence-corrected chi connectivity index (χ4v) is 3.04. The zero-order chi connectivity index (χ0) is 14.0. The average Bonchev–Trinajstić information content (AvgIpc) is 2.86. The zero-order valence-corrected chi connectivity index (χ0v) is 12.2. The molecule has 0 bridgehead atoms. The van der Waals surface area contributed by atoms with Crippen molar-refractivity contribution in [2.24, 2.45) is 5.92 Å². The molecule has 19 heavy (non-hydrogen) atoms. The number of likely N-dealkylation sites (tertiary alicyclic amines) is 1. The van der Waals surface area contributed by atoms with E-state index in [9.17, 15) is 9.59 Å². The second kappa shape index (κ2) is 5.90. The molecule has 0 radical (unpaired) electrons. The number of nitrogens with one attached hydrogen (secondary N) is 1. The topological polar surface area (TPSA) is 52.7 Å². The molecule has 2 fully saturated rings. The summed E-state index contributed by atoms with van der Waals surface area (Å²) < 4.78 is 0. The first-order chi connectivity index (χ1) is 9.06. The van der Waals surface area contributed by atoms with Gasteiger partial charge in [0.05, 0.1) is 0 Å². The molecule has 3 unspecified atom stereocenters. The number of hydrogen-bond donors (Lipinski definition) is 1. The van der Waals surface area contributed by atoms with Crippen LogP contribution in [0.3, 0.4) is 0 Å². The van der Waals surface area contributed by atoms with E-state index in [-0.39, 0.29) is 23.9 Å². The first-order valence-corrected chi connectivity index (χ1v) is 7.40. The third-order valence-electron chi connectivity index (χ3n) is 4.42. The van der Waals surface area contributed by atoms with Crippen LogP contribution >= 0.6 is 0 Å². The van der Waals surface area contributed by atoms with E-state index in [1.165, 1.54) is 0 Å². The average molecular weight is 267 g/mol. The maximum Gasteiger partial charge on any atom is 0.245 e. The minimum atomic E-state index is -0.328. The molecule has 0 aliphatic carbocycles. The molecule has 2 rings (SSSR count). The van der Waals surface area contributed by atoms with Gasteiger partial charge in [-0.15, -0.1) is 0 Å². The van der Waals surface area contributed by atoms with Crippen LogP contribution in [0.25, 0.3) is 0 Å². The van der Waals surface area contributed by atoms with Crippen molar-refractivity contribution < 1.29 is 9.59 Å². The number of carbonyl (C=O) groups is 2. The molecule has 5 nitrogen and oxygen atoms in total. The van der Waals surface area contributed by atoms with Crippen LogP contribution in [0.5, 0.6) is 0 Å². The molecule has 0 spiro atoms. The van der Waals surface area contributed by atoms with Crippen LogP contribution in [0.1, 0.15) is 33.6 Å². The van der Waals surface area contributed by atoms with E-state index in [2.05, 4.69) is 17.1 Å². The van der Waals surface area contributed by atoms with Gasteiger partial charge in [-0.05, 0) is 38.8 Å². The monoisotopic (exact) mass is 267 g/mol. The molecular weight excluding hydrogens is 242 g/mol. The number of amides is 2. The highest BCUT2D eigenvalue weighted by Crippen LogP contribution is 2.20. The van der Waals surface area contributed by atoms with E-state index in [1.807, 2.05) is 13.8 Å². The first-order valence-electron chi connectivity index (χ1n) is 7.40. The van der Waals surface area contributed by atoms with Crippen molar-refractivity contribution in [3.8, 4) is 0 Å². The Morgan fingerprint density at radius 2 is 2.05 bits per heavy atom. The number of nitrogens with zero attached hydrogens (tertiary/aromatic N) is 2. The summed E-state index contributed by atoms with van der Waals surface area (Å²) in [4.78, 5) is 28.4. The highest BCUT2D eigenvalue weighted by molar-refractivity contribution is 5.96. The predicted octanol–water partition coefficient (Wildman–Crippen LogP) is 0.454. The molecule has 0 aromatic rings. The Morgan fingerprint density at radius 1 is 1.32 bits per heavy atom. The Hall–Kier alpha value is -1.10. The summed E-state index contributed by atoms with van der Waals surface area (Å²) in [7, 11) is 0. The summed E-state index contributed by atoms with van der Waals surface area (Å²) in [5.41, 5.74) is 0. The van der Waals surface area contributed by atoms with E-state index in [0.29, 0.717) is 12.3 Å². The quantitative estimate of drug-likeness (QED) is 0.805. The smallest absolute Gasteiger partial charge is 0.245 e. The maximum atomic E-state index is 12.3. The largest absolute Gasteiger partial charge is 0.343 e. The third-order valence-corrected chi connectivity index (χ3v) is 4.42. The molecule has 0 saturated carbocycles. The van der Waals surface area contributed by atoms with Crippen molar-refractivity contribution in [1.29, 1.82) is 0 Å². The van der Waals surface area contributed by atoms with Gasteiger partial charge in [-0.2, -0.15) is 0 Å². The van der Waals surface area contributed by atoms with Gasteiger partial charge < -0.3 is 15.1 Å². The lowest BCUT2D eigenvalue weighted by molar-refractivity contribution is -0.149. The van der Waals surface area contributed by atoms with Gasteiger partial charge in [0.15, 0.2) is 0 Å². The van der Waals surface area contributed by atoms with Crippen LogP contribution in [-0.2, 0) is 9.59 Å². The number of carbonyl (C=O) groups excluding carboxylic acids is 2. The Morgan fingerprint density at radius 3 is 2.63 bits per heavy atom. The van der Waals surface area contributed by atoms with Gasteiger partial charge in [-0.1, -0.05) is 13.8 Å². The zero-order valence-electron chi connectivity index (χ0n) is 12.2. The molecule has 3 atom stereocenters.